The van der Waals surface area contributed by atoms with Crippen molar-refractivity contribution in [2.75, 3.05) is 6.61 Å². The van der Waals surface area contributed by atoms with Crippen molar-refractivity contribution in [1.29, 1.82) is 0 Å². The topological polar surface area (TPSA) is 116 Å². The number of carboxylic acid groups (broad SMARTS) is 2. The third-order valence-corrected chi connectivity index (χ3v) is 5.81. The fourth-order valence-electron chi connectivity index (χ4n) is 3.86. The molecule has 1 heterocycles. The number of carbonyl (C=O) groups is 2. The van der Waals surface area contributed by atoms with E-state index in [1.807, 2.05) is 36.4 Å². The Morgan fingerprint density at radius 3 is 2.39 bits per heavy atom. The van der Waals surface area contributed by atoms with Gasteiger partial charge in [-0.1, -0.05) is 39.0 Å². The SMILES string of the molecule is CC(C)(C)c1ccc2oc(-c3cccc4cc(OCCCC(C(=O)[O-])C(=O)[O-])ccc34)nc2c1.[Na+].[Na+]. The van der Waals surface area contributed by atoms with Crippen molar-refractivity contribution in [2.45, 2.75) is 39.0 Å². The van der Waals surface area contributed by atoms with Crippen LogP contribution in [0.2, 0.25) is 0 Å². The zero-order chi connectivity index (χ0) is 24.5. The minimum absolute atomic E-state index is 0. The van der Waals surface area contributed by atoms with Gasteiger partial charge in [-0.15, -0.1) is 0 Å². The van der Waals surface area contributed by atoms with Crippen LogP contribution < -0.4 is 74.1 Å². The van der Waals surface area contributed by atoms with Crippen LogP contribution in [0.3, 0.4) is 0 Å². The Morgan fingerprint density at radius 1 is 1.00 bits per heavy atom. The quantitative estimate of drug-likeness (QED) is 0.145. The van der Waals surface area contributed by atoms with Gasteiger partial charge in [-0.3, -0.25) is 0 Å². The molecule has 1 aromatic heterocycles. The van der Waals surface area contributed by atoms with Gasteiger partial charge in [-0.2, -0.15) is 0 Å². The number of rotatable bonds is 8. The molecular formula is C27H25NNa2O6. The Kier molecular flexibility index (Phi) is 10.6. The van der Waals surface area contributed by atoms with E-state index in [0.717, 1.165) is 27.4 Å². The number of oxazole rings is 1. The van der Waals surface area contributed by atoms with Gasteiger partial charge in [0.15, 0.2) is 5.58 Å². The van der Waals surface area contributed by atoms with Gasteiger partial charge in [0.1, 0.15) is 11.3 Å². The van der Waals surface area contributed by atoms with Gasteiger partial charge >= 0.3 is 59.1 Å². The van der Waals surface area contributed by atoms with Crippen LogP contribution in [-0.2, 0) is 15.0 Å². The van der Waals surface area contributed by atoms with E-state index in [1.54, 1.807) is 6.07 Å². The van der Waals surface area contributed by atoms with E-state index in [9.17, 15) is 19.8 Å². The number of aromatic nitrogens is 1. The summed E-state index contributed by atoms with van der Waals surface area (Å²) in [6.45, 7) is 6.64. The third-order valence-electron chi connectivity index (χ3n) is 5.81. The zero-order valence-corrected chi connectivity index (χ0v) is 25.3. The second-order valence-corrected chi connectivity index (χ2v) is 9.32. The number of ether oxygens (including phenoxy) is 1. The van der Waals surface area contributed by atoms with Crippen molar-refractivity contribution in [3.05, 3.63) is 60.2 Å². The molecule has 0 amide bonds. The summed E-state index contributed by atoms with van der Waals surface area (Å²) < 4.78 is 11.7. The van der Waals surface area contributed by atoms with Gasteiger partial charge in [0.05, 0.1) is 18.5 Å². The first kappa shape index (κ1) is 30.4. The number of nitrogens with zero attached hydrogens (tertiary/aromatic N) is 1. The zero-order valence-electron chi connectivity index (χ0n) is 21.3. The van der Waals surface area contributed by atoms with Crippen LogP contribution in [0.15, 0.2) is 59.0 Å². The predicted molar refractivity (Wildman–Crippen MR) is 124 cm³/mol. The second-order valence-electron chi connectivity index (χ2n) is 9.32. The molecule has 176 valence electrons. The maximum atomic E-state index is 10.8. The average Bonchev–Trinajstić information content (AvgIpc) is 3.20. The summed E-state index contributed by atoms with van der Waals surface area (Å²) >= 11 is 0. The van der Waals surface area contributed by atoms with Crippen LogP contribution in [0, 0.1) is 5.92 Å². The van der Waals surface area contributed by atoms with E-state index in [2.05, 4.69) is 32.9 Å². The molecule has 3 aromatic carbocycles. The molecule has 0 saturated heterocycles. The van der Waals surface area contributed by atoms with Crippen LogP contribution in [0.25, 0.3) is 33.3 Å². The number of fused-ring (bicyclic) bond motifs is 2. The summed E-state index contributed by atoms with van der Waals surface area (Å²) in [5.41, 5.74) is 3.60. The van der Waals surface area contributed by atoms with E-state index in [4.69, 9.17) is 14.1 Å². The van der Waals surface area contributed by atoms with Crippen molar-refractivity contribution in [1.82, 2.24) is 4.98 Å². The van der Waals surface area contributed by atoms with E-state index in [0.29, 0.717) is 11.6 Å². The first-order valence-corrected chi connectivity index (χ1v) is 11.1. The molecule has 0 bridgehead atoms. The Hall–Kier alpha value is -1.87. The summed E-state index contributed by atoms with van der Waals surface area (Å²) in [7, 11) is 0. The summed E-state index contributed by atoms with van der Waals surface area (Å²) in [4.78, 5) is 26.4. The van der Waals surface area contributed by atoms with Crippen LogP contribution in [-0.4, -0.2) is 23.5 Å². The summed E-state index contributed by atoms with van der Waals surface area (Å²) in [6, 6.07) is 17.5. The van der Waals surface area contributed by atoms with Gasteiger partial charge < -0.3 is 29.0 Å². The van der Waals surface area contributed by atoms with Gasteiger partial charge in [-0.25, -0.2) is 4.98 Å². The molecule has 7 nitrogen and oxygen atoms in total. The fourth-order valence-corrected chi connectivity index (χ4v) is 3.86. The maximum Gasteiger partial charge on any atom is 1.00 e. The van der Waals surface area contributed by atoms with Crippen LogP contribution >= 0.6 is 0 Å². The summed E-state index contributed by atoms with van der Waals surface area (Å²) in [6.07, 6.45) is 0.126. The number of benzene rings is 3. The van der Waals surface area contributed by atoms with E-state index >= 15 is 0 Å². The Morgan fingerprint density at radius 2 is 1.72 bits per heavy atom. The number of hydrogen-bond donors (Lipinski definition) is 0. The van der Waals surface area contributed by atoms with Crippen molar-refractivity contribution in [3.63, 3.8) is 0 Å². The molecular weight excluding hydrogens is 480 g/mol. The minimum atomic E-state index is -1.65. The standard InChI is InChI=1S/C27H27NO6.2Na/c1-27(2,3)17-9-12-23-22(15-17)28-24(34-23)20-7-4-6-16-14-18(10-11-19(16)20)33-13-5-8-21(25(29)30)26(31)32;;/h4,6-7,9-12,14-15,21H,5,8,13H2,1-3H3,(H,29,30)(H,31,32);;/q;2*+1/p-2. The first-order valence-electron chi connectivity index (χ1n) is 11.1. The summed E-state index contributed by atoms with van der Waals surface area (Å²) in [5.74, 6) is -3.80. The molecule has 4 rings (SSSR count). The van der Waals surface area contributed by atoms with Gasteiger partial charge in [0.25, 0.3) is 0 Å². The molecule has 0 N–H and O–H groups in total. The molecule has 0 saturated carbocycles. The minimum Gasteiger partial charge on any atom is -0.549 e. The molecule has 0 unspecified atom stereocenters. The monoisotopic (exact) mass is 505 g/mol. The smallest absolute Gasteiger partial charge is 0.549 e. The predicted octanol–water partition coefficient (Wildman–Crippen LogP) is -2.77. The molecule has 0 aliphatic carbocycles. The maximum absolute atomic E-state index is 10.8. The Labute approximate surface area is 253 Å². The largest absolute Gasteiger partial charge is 1.00 e. The molecule has 0 atom stereocenters. The summed E-state index contributed by atoms with van der Waals surface area (Å²) in [5, 5.41) is 23.5. The number of carboxylic acids is 2. The average molecular weight is 505 g/mol. The second kappa shape index (κ2) is 12.6. The normalized spacial score (nSPS) is 11.2. The van der Waals surface area contributed by atoms with Gasteiger partial charge in [0, 0.05) is 11.5 Å². The van der Waals surface area contributed by atoms with E-state index in [1.165, 1.54) is 5.56 Å². The van der Waals surface area contributed by atoms with Crippen LogP contribution in [0.5, 0.6) is 5.75 Å². The molecule has 0 fully saturated rings. The Bertz CT molecular complexity index is 1360. The van der Waals surface area contributed by atoms with Crippen molar-refractivity contribution in [2.24, 2.45) is 5.92 Å². The molecule has 0 spiro atoms. The first-order chi connectivity index (χ1) is 16.1. The van der Waals surface area contributed by atoms with E-state index in [-0.39, 0.29) is 84.0 Å². The number of hydrogen-bond acceptors (Lipinski definition) is 7. The molecule has 0 aliphatic rings. The molecule has 9 heteroatoms. The molecule has 0 aliphatic heterocycles. The van der Waals surface area contributed by atoms with Crippen LogP contribution in [0.1, 0.15) is 39.2 Å². The molecule has 36 heavy (non-hydrogen) atoms. The van der Waals surface area contributed by atoms with E-state index < -0.39 is 17.9 Å². The van der Waals surface area contributed by atoms with Crippen molar-refractivity contribution < 1.29 is 88.1 Å². The number of aliphatic carboxylic acids is 2. The van der Waals surface area contributed by atoms with Gasteiger partial charge in [-0.05, 0) is 71.0 Å². The fraction of sp³-hybridized carbons (Fsp3) is 0.296. The number of carbonyl (C=O) groups excluding carboxylic acids is 2. The van der Waals surface area contributed by atoms with Crippen molar-refractivity contribution in [3.8, 4) is 17.2 Å². The van der Waals surface area contributed by atoms with Crippen molar-refractivity contribution >= 4 is 33.8 Å². The van der Waals surface area contributed by atoms with Gasteiger partial charge in [0.2, 0.25) is 5.89 Å². The third kappa shape index (κ3) is 6.91. The Balaban J connectivity index is 0.00000228. The van der Waals surface area contributed by atoms with Crippen LogP contribution in [0.4, 0.5) is 0 Å². The molecule has 4 aromatic rings. The molecule has 0 radical (unpaired) electrons.